The Bertz CT molecular complexity index is 939. The van der Waals surface area contributed by atoms with Crippen LogP contribution in [0.2, 0.25) is 0 Å². The van der Waals surface area contributed by atoms with Crippen LogP contribution in [-0.2, 0) is 13.0 Å². The molecule has 3 aromatic rings. The number of benzene rings is 2. The third-order valence-corrected chi connectivity index (χ3v) is 4.47. The zero-order valence-electron chi connectivity index (χ0n) is 16.2. The van der Waals surface area contributed by atoms with Crippen molar-refractivity contribution in [3.8, 4) is 5.75 Å². The second-order valence-corrected chi connectivity index (χ2v) is 6.47. The molecule has 2 amide bonds. The van der Waals surface area contributed by atoms with E-state index in [9.17, 15) is 9.59 Å². The highest BCUT2D eigenvalue weighted by Crippen LogP contribution is 2.11. The number of ether oxygens (including phenoxy) is 1. The second kappa shape index (κ2) is 10.0. The van der Waals surface area contributed by atoms with Crippen LogP contribution in [0.15, 0.2) is 73.1 Å². The number of methoxy groups -OCH3 is 1. The fourth-order valence-corrected chi connectivity index (χ4v) is 2.77. The van der Waals surface area contributed by atoms with Crippen LogP contribution >= 0.6 is 0 Å². The van der Waals surface area contributed by atoms with Crippen molar-refractivity contribution in [3.63, 3.8) is 0 Å². The van der Waals surface area contributed by atoms with Gasteiger partial charge < -0.3 is 15.4 Å². The van der Waals surface area contributed by atoms with Gasteiger partial charge in [-0.2, -0.15) is 0 Å². The van der Waals surface area contributed by atoms with E-state index >= 15 is 0 Å². The Morgan fingerprint density at radius 2 is 1.38 bits per heavy atom. The van der Waals surface area contributed by atoms with E-state index in [0.29, 0.717) is 24.2 Å². The van der Waals surface area contributed by atoms with E-state index in [2.05, 4.69) is 15.6 Å². The van der Waals surface area contributed by atoms with Gasteiger partial charge in [0.15, 0.2) is 0 Å². The number of nitrogens with zero attached hydrogens (tertiary/aromatic N) is 1. The number of aromatic nitrogens is 1. The molecule has 0 bridgehead atoms. The van der Waals surface area contributed by atoms with E-state index in [1.54, 1.807) is 43.8 Å². The number of hydrogen-bond donors (Lipinski definition) is 2. The maximum Gasteiger partial charge on any atom is 0.251 e. The summed E-state index contributed by atoms with van der Waals surface area (Å²) in [5.74, 6) is 0.457. The average Bonchev–Trinajstić information content (AvgIpc) is 2.78. The van der Waals surface area contributed by atoms with Crippen LogP contribution in [0.5, 0.6) is 5.75 Å². The number of rotatable bonds is 8. The van der Waals surface area contributed by atoms with Crippen LogP contribution in [0.3, 0.4) is 0 Å². The Morgan fingerprint density at radius 3 is 1.97 bits per heavy atom. The molecule has 148 valence electrons. The van der Waals surface area contributed by atoms with Gasteiger partial charge in [0.05, 0.1) is 7.11 Å². The lowest BCUT2D eigenvalue weighted by Crippen LogP contribution is -2.26. The first-order chi connectivity index (χ1) is 14.2. The van der Waals surface area contributed by atoms with Gasteiger partial charge in [-0.3, -0.25) is 14.6 Å². The smallest absolute Gasteiger partial charge is 0.251 e. The molecule has 0 saturated heterocycles. The summed E-state index contributed by atoms with van der Waals surface area (Å²) < 4.78 is 5.13. The van der Waals surface area contributed by atoms with E-state index in [4.69, 9.17) is 4.74 Å². The summed E-state index contributed by atoms with van der Waals surface area (Å²) in [4.78, 5) is 28.5. The Hall–Kier alpha value is -3.67. The molecule has 0 unspecified atom stereocenters. The number of amides is 2. The lowest BCUT2D eigenvalue weighted by Gasteiger charge is -2.08. The molecule has 2 aromatic carbocycles. The number of hydrogen-bond acceptors (Lipinski definition) is 4. The first-order valence-corrected chi connectivity index (χ1v) is 9.34. The van der Waals surface area contributed by atoms with Crippen molar-refractivity contribution in [2.45, 2.75) is 13.0 Å². The number of nitrogens with one attached hydrogen (secondary N) is 2. The summed E-state index contributed by atoms with van der Waals surface area (Å²) in [6, 6.07) is 18.1. The van der Waals surface area contributed by atoms with Crippen LogP contribution in [0, 0.1) is 0 Å². The predicted molar refractivity (Wildman–Crippen MR) is 111 cm³/mol. The maximum atomic E-state index is 12.3. The summed E-state index contributed by atoms with van der Waals surface area (Å²) in [6.07, 6.45) is 4.10. The van der Waals surface area contributed by atoms with E-state index in [1.165, 1.54) is 0 Å². The van der Waals surface area contributed by atoms with Crippen molar-refractivity contribution in [3.05, 3.63) is 95.3 Å². The summed E-state index contributed by atoms with van der Waals surface area (Å²) >= 11 is 0. The van der Waals surface area contributed by atoms with E-state index < -0.39 is 0 Å². The van der Waals surface area contributed by atoms with Crippen LogP contribution in [0.4, 0.5) is 0 Å². The second-order valence-electron chi connectivity index (χ2n) is 6.47. The molecule has 0 aliphatic carbocycles. The van der Waals surface area contributed by atoms with E-state index in [-0.39, 0.29) is 11.8 Å². The van der Waals surface area contributed by atoms with Crippen molar-refractivity contribution in [1.29, 1.82) is 0 Å². The fraction of sp³-hybridized carbons (Fsp3) is 0.174. The molecule has 0 atom stereocenters. The van der Waals surface area contributed by atoms with Crippen LogP contribution in [-0.4, -0.2) is 30.5 Å². The lowest BCUT2D eigenvalue weighted by atomic mass is 10.1. The Balaban J connectivity index is 1.46. The highest BCUT2D eigenvalue weighted by Gasteiger charge is 2.09. The quantitative estimate of drug-likeness (QED) is 0.621. The summed E-state index contributed by atoms with van der Waals surface area (Å²) in [7, 11) is 1.63. The molecule has 0 aliphatic rings. The zero-order valence-corrected chi connectivity index (χ0v) is 16.2. The summed E-state index contributed by atoms with van der Waals surface area (Å²) in [6.45, 7) is 0.953. The van der Waals surface area contributed by atoms with Crippen molar-refractivity contribution >= 4 is 11.8 Å². The molecule has 29 heavy (non-hydrogen) atoms. The molecule has 0 spiro atoms. The molecule has 6 nitrogen and oxygen atoms in total. The molecule has 0 aliphatic heterocycles. The Labute approximate surface area is 169 Å². The van der Waals surface area contributed by atoms with Crippen molar-refractivity contribution in [2.75, 3.05) is 13.7 Å². The highest BCUT2D eigenvalue weighted by atomic mass is 16.5. The van der Waals surface area contributed by atoms with Gasteiger partial charge in [0.25, 0.3) is 11.8 Å². The Kier molecular flexibility index (Phi) is 6.95. The fourth-order valence-electron chi connectivity index (χ4n) is 2.77. The minimum absolute atomic E-state index is 0.165. The normalized spacial score (nSPS) is 10.2. The van der Waals surface area contributed by atoms with Gasteiger partial charge in [0, 0.05) is 36.6 Å². The third-order valence-electron chi connectivity index (χ3n) is 4.47. The zero-order chi connectivity index (χ0) is 20.5. The number of pyridine rings is 1. The first kappa shape index (κ1) is 20.1. The largest absolute Gasteiger partial charge is 0.497 e. The predicted octanol–water partition coefficient (Wildman–Crippen LogP) is 2.99. The maximum absolute atomic E-state index is 12.3. The molecular weight excluding hydrogens is 366 g/mol. The minimum Gasteiger partial charge on any atom is -0.497 e. The molecular formula is C23H23N3O3. The van der Waals surface area contributed by atoms with Crippen LogP contribution in [0.25, 0.3) is 0 Å². The van der Waals surface area contributed by atoms with Gasteiger partial charge in [-0.25, -0.2) is 0 Å². The van der Waals surface area contributed by atoms with Gasteiger partial charge in [-0.05, 0) is 66.1 Å². The van der Waals surface area contributed by atoms with Crippen molar-refractivity contribution in [2.24, 2.45) is 0 Å². The summed E-state index contributed by atoms with van der Waals surface area (Å²) in [5.41, 5.74) is 3.12. The monoisotopic (exact) mass is 389 g/mol. The number of carbonyl (C=O) groups excluding carboxylic acids is 2. The Morgan fingerprint density at radius 1 is 0.793 bits per heavy atom. The van der Waals surface area contributed by atoms with Gasteiger partial charge in [-0.15, -0.1) is 0 Å². The highest BCUT2D eigenvalue weighted by molar-refractivity contribution is 5.97. The minimum atomic E-state index is -0.187. The van der Waals surface area contributed by atoms with E-state index in [1.807, 2.05) is 36.4 Å². The molecule has 2 N–H and O–H groups in total. The molecule has 0 saturated carbocycles. The molecule has 0 fully saturated rings. The first-order valence-electron chi connectivity index (χ1n) is 9.34. The molecule has 3 rings (SSSR count). The molecule has 0 radical (unpaired) electrons. The average molecular weight is 389 g/mol. The van der Waals surface area contributed by atoms with Crippen molar-refractivity contribution in [1.82, 2.24) is 15.6 Å². The standard InChI is InChI=1S/C23H23N3O3/c1-29-21-8-2-17(3-9-21)12-15-25-22(27)19-4-6-20(7-5-19)23(28)26-16-18-10-13-24-14-11-18/h2-11,13-14H,12,15-16H2,1H3,(H,25,27)(H,26,28). The third kappa shape index (κ3) is 5.90. The topological polar surface area (TPSA) is 80.3 Å². The van der Waals surface area contributed by atoms with Gasteiger partial charge in [-0.1, -0.05) is 12.1 Å². The van der Waals surface area contributed by atoms with Crippen LogP contribution in [0.1, 0.15) is 31.8 Å². The molecule has 6 heteroatoms. The SMILES string of the molecule is COc1ccc(CCNC(=O)c2ccc(C(=O)NCc3ccncc3)cc2)cc1. The van der Waals surface area contributed by atoms with Gasteiger partial charge in [0.1, 0.15) is 5.75 Å². The van der Waals surface area contributed by atoms with Crippen LogP contribution < -0.4 is 15.4 Å². The summed E-state index contributed by atoms with van der Waals surface area (Å²) in [5, 5.41) is 5.74. The van der Waals surface area contributed by atoms with Gasteiger partial charge in [0.2, 0.25) is 0 Å². The van der Waals surface area contributed by atoms with Crippen molar-refractivity contribution < 1.29 is 14.3 Å². The van der Waals surface area contributed by atoms with E-state index in [0.717, 1.165) is 23.3 Å². The molecule has 1 heterocycles. The molecule has 1 aromatic heterocycles. The number of carbonyl (C=O) groups is 2. The van der Waals surface area contributed by atoms with Gasteiger partial charge >= 0.3 is 0 Å². The lowest BCUT2D eigenvalue weighted by molar-refractivity contribution is 0.0940.